The lowest BCUT2D eigenvalue weighted by molar-refractivity contribution is -0.137. The Labute approximate surface area is 149 Å². The van der Waals surface area contributed by atoms with Crippen LogP contribution in [0.4, 0.5) is 0 Å². The fraction of sp³-hybridized carbons (Fsp3) is 0.938. The minimum absolute atomic E-state index is 0. The topological polar surface area (TPSA) is 49.6 Å². The van der Waals surface area contributed by atoms with Crippen molar-refractivity contribution < 1.29 is 4.79 Å². The van der Waals surface area contributed by atoms with Crippen LogP contribution in [0.2, 0.25) is 0 Å². The van der Waals surface area contributed by atoms with E-state index in [1.165, 1.54) is 25.9 Å². The van der Waals surface area contributed by atoms with Gasteiger partial charge in [-0.05, 0) is 45.7 Å². The van der Waals surface area contributed by atoms with E-state index in [1.807, 2.05) is 18.7 Å². The molecule has 0 spiro atoms. The smallest absolute Gasteiger partial charge is 0.226 e. The molecule has 1 aliphatic rings. The summed E-state index contributed by atoms with van der Waals surface area (Å²) in [5.74, 6) is 0.920. The summed E-state index contributed by atoms with van der Waals surface area (Å²) in [6.45, 7) is 10.3. The van der Waals surface area contributed by atoms with Gasteiger partial charge in [-0.15, -0.1) is 24.8 Å². The normalized spacial score (nSPS) is 18.4. The van der Waals surface area contributed by atoms with E-state index in [2.05, 4.69) is 18.9 Å². The van der Waals surface area contributed by atoms with Crippen molar-refractivity contribution in [3.63, 3.8) is 0 Å². The average Bonchev–Trinajstić information content (AvgIpc) is 2.44. The fourth-order valence-electron chi connectivity index (χ4n) is 2.81. The van der Waals surface area contributed by atoms with Crippen molar-refractivity contribution in [3.05, 3.63) is 0 Å². The van der Waals surface area contributed by atoms with E-state index in [-0.39, 0.29) is 42.7 Å². The molecule has 2 unspecified atom stereocenters. The van der Waals surface area contributed by atoms with Crippen LogP contribution >= 0.6 is 24.8 Å². The van der Waals surface area contributed by atoms with E-state index < -0.39 is 0 Å². The van der Waals surface area contributed by atoms with Gasteiger partial charge >= 0.3 is 0 Å². The molecule has 4 nitrogen and oxygen atoms in total. The molecule has 6 heteroatoms. The Kier molecular flexibility index (Phi) is 13.7. The van der Waals surface area contributed by atoms with Gasteiger partial charge < -0.3 is 15.5 Å². The summed E-state index contributed by atoms with van der Waals surface area (Å²) in [5.41, 5.74) is 5.83. The van der Waals surface area contributed by atoms with Gasteiger partial charge in [0.1, 0.15) is 0 Å². The Balaban J connectivity index is 0. The molecule has 0 aromatic heterocycles. The Morgan fingerprint density at radius 3 is 2.27 bits per heavy atom. The standard InChI is InChI=1S/C16H33N3O.2ClH/c1-5-6-9-18(4)12-15-7-10-19(11-8-15)16(20)13(2)14(3)17;;/h13-15H,5-12,17H2,1-4H3;2*1H. The van der Waals surface area contributed by atoms with Crippen molar-refractivity contribution in [3.8, 4) is 0 Å². The minimum Gasteiger partial charge on any atom is -0.342 e. The highest BCUT2D eigenvalue weighted by atomic mass is 35.5. The fourth-order valence-corrected chi connectivity index (χ4v) is 2.81. The molecule has 1 saturated heterocycles. The van der Waals surface area contributed by atoms with E-state index >= 15 is 0 Å². The monoisotopic (exact) mass is 355 g/mol. The lowest BCUT2D eigenvalue weighted by Gasteiger charge is -2.35. The first-order valence-corrected chi connectivity index (χ1v) is 8.18. The van der Waals surface area contributed by atoms with Gasteiger partial charge in [0.25, 0.3) is 0 Å². The highest BCUT2D eigenvalue weighted by Gasteiger charge is 2.27. The zero-order valence-electron chi connectivity index (χ0n) is 14.6. The van der Waals surface area contributed by atoms with Crippen molar-refractivity contribution in [2.75, 3.05) is 33.2 Å². The molecule has 22 heavy (non-hydrogen) atoms. The van der Waals surface area contributed by atoms with Gasteiger partial charge in [-0.1, -0.05) is 20.3 Å². The van der Waals surface area contributed by atoms with E-state index in [0.717, 1.165) is 31.8 Å². The summed E-state index contributed by atoms with van der Waals surface area (Å²) >= 11 is 0. The van der Waals surface area contributed by atoms with Crippen molar-refractivity contribution in [2.24, 2.45) is 17.6 Å². The molecule has 2 atom stereocenters. The van der Waals surface area contributed by atoms with Crippen LogP contribution in [0.15, 0.2) is 0 Å². The van der Waals surface area contributed by atoms with E-state index in [0.29, 0.717) is 0 Å². The number of rotatable bonds is 7. The van der Waals surface area contributed by atoms with E-state index in [9.17, 15) is 4.79 Å². The van der Waals surface area contributed by atoms with Gasteiger partial charge in [-0.3, -0.25) is 4.79 Å². The molecule has 0 aromatic carbocycles. The predicted molar refractivity (Wildman–Crippen MR) is 99.0 cm³/mol. The van der Waals surface area contributed by atoms with E-state index in [1.54, 1.807) is 0 Å². The molecule has 1 rings (SSSR count). The summed E-state index contributed by atoms with van der Waals surface area (Å²) in [6.07, 6.45) is 4.80. The third-order valence-corrected chi connectivity index (χ3v) is 4.57. The van der Waals surface area contributed by atoms with Crippen molar-refractivity contribution >= 4 is 30.7 Å². The molecule has 2 N–H and O–H groups in total. The molecule has 1 heterocycles. The third-order valence-electron chi connectivity index (χ3n) is 4.57. The van der Waals surface area contributed by atoms with Crippen molar-refractivity contribution in [1.82, 2.24) is 9.80 Å². The molecule has 0 aromatic rings. The summed E-state index contributed by atoms with van der Waals surface area (Å²) in [6, 6.07) is -0.0552. The number of amides is 1. The molecule has 0 aliphatic carbocycles. The van der Waals surface area contributed by atoms with Gasteiger partial charge in [0.05, 0.1) is 5.92 Å². The van der Waals surface area contributed by atoms with Crippen molar-refractivity contribution in [2.45, 2.75) is 52.5 Å². The third kappa shape index (κ3) is 8.00. The zero-order chi connectivity index (χ0) is 15.1. The molecule has 0 bridgehead atoms. The molecule has 134 valence electrons. The summed E-state index contributed by atoms with van der Waals surface area (Å²) in [5, 5.41) is 0. The predicted octanol–water partition coefficient (Wildman–Crippen LogP) is 2.78. The average molecular weight is 356 g/mol. The lowest BCUT2D eigenvalue weighted by atomic mass is 9.94. The van der Waals surface area contributed by atoms with Crippen LogP contribution in [-0.4, -0.2) is 55.0 Å². The number of nitrogens with zero attached hydrogens (tertiary/aromatic N) is 2. The Bertz CT molecular complexity index is 295. The van der Waals surface area contributed by atoms with Gasteiger partial charge in [0.2, 0.25) is 5.91 Å². The zero-order valence-corrected chi connectivity index (χ0v) is 16.2. The highest BCUT2D eigenvalue weighted by molar-refractivity contribution is 5.85. The Morgan fingerprint density at radius 1 is 1.27 bits per heavy atom. The molecule has 1 aliphatic heterocycles. The molecule has 0 saturated carbocycles. The van der Waals surface area contributed by atoms with E-state index in [4.69, 9.17) is 5.73 Å². The van der Waals surface area contributed by atoms with Crippen LogP contribution in [0.25, 0.3) is 0 Å². The Hall–Kier alpha value is -0.0300. The summed E-state index contributed by atoms with van der Waals surface area (Å²) < 4.78 is 0. The maximum absolute atomic E-state index is 12.2. The van der Waals surface area contributed by atoms with Gasteiger partial charge in [0, 0.05) is 25.7 Å². The number of hydrogen-bond acceptors (Lipinski definition) is 3. The molecule has 1 fully saturated rings. The second-order valence-electron chi connectivity index (χ2n) is 6.53. The van der Waals surface area contributed by atoms with Gasteiger partial charge in [0.15, 0.2) is 0 Å². The molecular weight excluding hydrogens is 321 g/mol. The SMILES string of the molecule is CCCCN(C)CC1CCN(C(=O)C(C)C(C)N)CC1.Cl.Cl. The van der Waals surface area contributed by atoms with Crippen molar-refractivity contribution in [1.29, 1.82) is 0 Å². The van der Waals surface area contributed by atoms with Crippen LogP contribution in [0.5, 0.6) is 0 Å². The number of nitrogens with two attached hydrogens (primary N) is 1. The van der Waals surface area contributed by atoms with Gasteiger partial charge in [-0.2, -0.15) is 0 Å². The first kappa shape index (κ1) is 24.2. The largest absolute Gasteiger partial charge is 0.342 e. The van der Waals surface area contributed by atoms with Crippen LogP contribution in [-0.2, 0) is 4.79 Å². The minimum atomic E-state index is -0.0567. The number of likely N-dealkylation sites (tertiary alicyclic amines) is 1. The van der Waals surface area contributed by atoms with Crippen LogP contribution in [0.1, 0.15) is 46.5 Å². The highest BCUT2D eigenvalue weighted by Crippen LogP contribution is 2.20. The molecular formula is C16H35Cl2N3O. The van der Waals surface area contributed by atoms with Crippen LogP contribution in [0, 0.1) is 11.8 Å². The Morgan fingerprint density at radius 2 is 1.82 bits per heavy atom. The lowest BCUT2D eigenvalue weighted by Crippen LogP contribution is -2.46. The number of carbonyl (C=O) groups is 1. The quantitative estimate of drug-likeness (QED) is 0.763. The molecule has 1 amide bonds. The summed E-state index contributed by atoms with van der Waals surface area (Å²) in [4.78, 5) is 16.7. The van der Waals surface area contributed by atoms with Crippen LogP contribution in [0.3, 0.4) is 0 Å². The second kappa shape index (κ2) is 12.4. The number of halogens is 2. The molecule has 0 radical (unpaired) electrons. The first-order chi connectivity index (χ1) is 9.45. The number of unbranched alkanes of at least 4 members (excludes halogenated alkanes) is 1. The van der Waals surface area contributed by atoms with Crippen LogP contribution < -0.4 is 5.73 Å². The maximum atomic E-state index is 12.2. The second-order valence-corrected chi connectivity index (χ2v) is 6.53. The number of hydrogen-bond donors (Lipinski definition) is 1. The first-order valence-electron chi connectivity index (χ1n) is 8.18. The van der Waals surface area contributed by atoms with Gasteiger partial charge in [-0.25, -0.2) is 0 Å². The maximum Gasteiger partial charge on any atom is 0.226 e. The summed E-state index contributed by atoms with van der Waals surface area (Å²) in [7, 11) is 2.21. The number of carbonyl (C=O) groups excluding carboxylic acids is 1. The number of piperidine rings is 1.